The highest BCUT2D eigenvalue weighted by molar-refractivity contribution is 5.81. The molecule has 41 heavy (non-hydrogen) atoms. The molecule has 236 valence electrons. The Hall–Kier alpha value is -2.36. The molecular formula is C32H56N2O7. The zero-order valence-electron chi connectivity index (χ0n) is 26.6. The number of nitrogens with two attached hydrogens (primary N) is 1. The lowest BCUT2D eigenvalue weighted by molar-refractivity contribution is -0.149. The fraction of sp³-hybridized carbons (Fsp3) is 0.750. The first-order chi connectivity index (χ1) is 19.3. The number of carboxylic acids is 1. The Labute approximate surface area is 247 Å². The SMILES string of the molecule is CCC(CC)(CNC(=O)[C@@H](C[C@H](O)[C@@H](N)C[C@H](Cc1ccc(OC)c(OCCCOC)c1)C(C)C)C(C)C)C(=O)O. The highest BCUT2D eigenvalue weighted by Crippen LogP contribution is 2.32. The fourth-order valence-corrected chi connectivity index (χ4v) is 5.13. The Morgan fingerprint density at radius 3 is 2.17 bits per heavy atom. The topological polar surface area (TPSA) is 140 Å². The number of carbonyl (C=O) groups is 2. The average Bonchev–Trinajstić information content (AvgIpc) is 2.93. The summed E-state index contributed by atoms with van der Waals surface area (Å²) in [6.45, 7) is 13.0. The highest BCUT2D eigenvalue weighted by Gasteiger charge is 2.37. The molecule has 1 rings (SSSR count). The predicted octanol–water partition coefficient (Wildman–Crippen LogP) is 4.67. The van der Waals surface area contributed by atoms with Gasteiger partial charge in [0.2, 0.25) is 5.91 Å². The molecule has 0 radical (unpaired) electrons. The summed E-state index contributed by atoms with van der Waals surface area (Å²) in [7, 11) is 3.28. The Bertz CT molecular complexity index is 917. The summed E-state index contributed by atoms with van der Waals surface area (Å²) in [5.74, 6) is 0.217. The molecule has 0 heterocycles. The van der Waals surface area contributed by atoms with Crippen LogP contribution >= 0.6 is 0 Å². The van der Waals surface area contributed by atoms with Gasteiger partial charge in [-0.2, -0.15) is 0 Å². The normalized spacial score (nSPS) is 14.9. The van der Waals surface area contributed by atoms with Gasteiger partial charge in [0.25, 0.3) is 0 Å². The summed E-state index contributed by atoms with van der Waals surface area (Å²) in [5.41, 5.74) is 6.64. The molecule has 9 heteroatoms. The highest BCUT2D eigenvalue weighted by atomic mass is 16.5. The number of aliphatic hydroxyl groups is 1. The van der Waals surface area contributed by atoms with Crippen LogP contribution in [0.2, 0.25) is 0 Å². The number of aliphatic carboxylic acids is 1. The van der Waals surface area contributed by atoms with Crippen molar-refractivity contribution in [2.24, 2.45) is 34.8 Å². The zero-order chi connectivity index (χ0) is 31.2. The molecule has 0 spiro atoms. The monoisotopic (exact) mass is 580 g/mol. The van der Waals surface area contributed by atoms with Crippen LogP contribution in [0.15, 0.2) is 18.2 Å². The summed E-state index contributed by atoms with van der Waals surface area (Å²) >= 11 is 0. The zero-order valence-corrected chi connectivity index (χ0v) is 26.6. The van der Waals surface area contributed by atoms with E-state index < -0.39 is 29.4 Å². The maximum Gasteiger partial charge on any atom is 0.311 e. The number of nitrogens with one attached hydrogen (secondary N) is 1. The van der Waals surface area contributed by atoms with Crippen molar-refractivity contribution in [3.8, 4) is 11.5 Å². The second-order valence-electron chi connectivity index (χ2n) is 12.0. The summed E-state index contributed by atoms with van der Waals surface area (Å²) in [5, 5.41) is 23.7. The number of carbonyl (C=O) groups excluding carboxylic acids is 1. The number of methoxy groups -OCH3 is 2. The van der Waals surface area contributed by atoms with Crippen molar-refractivity contribution in [2.45, 2.75) is 92.2 Å². The van der Waals surface area contributed by atoms with Crippen molar-refractivity contribution in [2.75, 3.05) is 34.0 Å². The van der Waals surface area contributed by atoms with Crippen molar-refractivity contribution < 1.29 is 34.0 Å². The smallest absolute Gasteiger partial charge is 0.311 e. The average molecular weight is 581 g/mol. The molecular weight excluding hydrogens is 524 g/mol. The minimum Gasteiger partial charge on any atom is -0.493 e. The molecule has 1 amide bonds. The lowest BCUT2D eigenvalue weighted by Gasteiger charge is -2.31. The van der Waals surface area contributed by atoms with Crippen LogP contribution in [0.4, 0.5) is 0 Å². The van der Waals surface area contributed by atoms with E-state index in [0.717, 1.165) is 18.4 Å². The molecule has 0 aliphatic carbocycles. The van der Waals surface area contributed by atoms with Crippen molar-refractivity contribution in [3.63, 3.8) is 0 Å². The van der Waals surface area contributed by atoms with Gasteiger partial charge in [-0.05, 0) is 67.6 Å². The summed E-state index contributed by atoms with van der Waals surface area (Å²) in [6.07, 6.45) is 2.32. The quantitative estimate of drug-likeness (QED) is 0.154. The van der Waals surface area contributed by atoms with Gasteiger partial charge in [0.05, 0.1) is 25.2 Å². The van der Waals surface area contributed by atoms with Gasteiger partial charge in [0.1, 0.15) is 0 Å². The number of carboxylic acid groups (broad SMARTS) is 1. The van der Waals surface area contributed by atoms with Crippen molar-refractivity contribution >= 4 is 11.9 Å². The van der Waals surface area contributed by atoms with Gasteiger partial charge < -0.3 is 35.5 Å². The number of ether oxygens (including phenoxy) is 3. The van der Waals surface area contributed by atoms with Crippen LogP contribution in [0, 0.1) is 29.1 Å². The van der Waals surface area contributed by atoms with E-state index in [4.69, 9.17) is 19.9 Å². The third-order valence-electron chi connectivity index (χ3n) is 8.53. The lowest BCUT2D eigenvalue weighted by atomic mass is 9.80. The maximum atomic E-state index is 13.1. The van der Waals surface area contributed by atoms with Crippen molar-refractivity contribution in [1.82, 2.24) is 5.32 Å². The van der Waals surface area contributed by atoms with E-state index in [1.54, 1.807) is 14.2 Å². The van der Waals surface area contributed by atoms with Crippen LogP contribution in [0.5, 0.6) is 11.5 Å². The fourth-order valence-electron chi connectivity index (χ4n) is 5.13. The molecule has 0 aliphatic heterocycles. The van der Waals surface area contributed by atoms with Crippen LogP contribution in [-0.4, -0.2) is 68.2 Å². The van der Waals surface area contributed by atoms with E-state index in [-0.39, 0.29) is 30.7 Å². The van der Waals surface area contributed by atoms with Crippen LogP contribution in [0.3, 0.4) is 0 Å². The standard InChI is InChI=1S/C32H56N2O7/c1-9-32(10-2,31(37)38)20-34-30(36)25(22(5)6)19-27(35)26(33)18-24(21(3)4)16-23-12-13-28(40-8)29(17-23)41-15-11-14-39-7/h12-13,17,21-22,24-27,35H,9-11,14-16,18-20,33H2,1-8H3,(H,34,36)(H,37,38)/t24-,25-,26-,27-/m0/s1. The molecule has 0 unspecified atom stereocenters. The molecule has 0 aliphatic rings. The van der Waals surface area contributed by atoms with E-state index in [9.17, 15) is 19.8 Å². The molecule has 1 aromatic carbocycles. The van der Waals surface area contributed by atoms with Gasteiger partial charge >= 0.3 is 5.97 Å². The van der Waals surface area contributed by atoms with Crippen LogP contribution < -0.4 is 20.5 Å². The first kappa shape index (κ1) is 36.7. The molecule has 0 aromatic heterocycles. The van der Waals surface area contributed by atoms with Crippen LogP contribution in [0.25, 0.3) is 0 Å². The lowest BCUT2D eigenvalue weighted by Crippen LogP contribution is -2.46. The molecule has 5 N–H and O–H groups in total. The number of hydrogen-bond donors (Lipinski definition) is 4. The molecule has 1 aromatic rings. The summed E-state index contributed by atoms with van der Waals surface area (Å²) in [4.78, 5) is 25.0. The van der Waals surface area contributed by atoms with E-state index in [0.29, 0.717) is 49.9 Å². The predicted molar refractivity (Wildman–Crippen MR) is 162 cm³/mol. The Morgan fingerprint density at radius 1 is 1.00 bits per heavy atom. The first-order valence-corrected chi connectivity index (χ1v) is 15.1. The van der Waals surface area contributed by atoms with Gasteiger partial charge in [-0.3, -0.25) is 9.59 Å². The van der Waals surface area contributed by atoms with E-state index in [1.165, 1.54) is 0 Å². The summed E-state index contributed by atoms with van der Waals surface area (Å²) in [6, 6.07) is 5.44. The molecule has 0 saturated heterocycles. The molecule has 0 bridgehead atoms. The number of benzene rings is 1. The number of amides is 1. The van der Waals surface area contributed by atoms with E-state index in [1.807, 2.05) is 45.9 Å². The number of hydrogen-bond acceptors (Lipinski definition) is 7. The Balaban J connectivity index is 2.90. The van der Waals surface area contributed by atoms with Crippen molar-refractivity contribution in [3.05, 3.63) is 23.8 Å². The molecule has 0 saturated carbocycles. The van der Waals surface area contributed by atoms with E-state index >= 15 is 0 Å². The Kier molecular flexibility index (Phi) is 16.3. The number of rotatable bonds is 21. The second-order valence-corrected chi connectivity index (χ2v) is 12.0. The van der Waals surface area contributed by atoms with E-state index in [2.05, 4.69) is 19.2 Å². The third kappa shape index (κ3) is 11.4. The van der Waals surface area contributed by atoms with Crippen LogP contribution in [-0.2, 0) is 20.7 Å². The summed E-state index contributed by atoms with van der Waals surface area (Å²) < 4.78 is 16.5. The minimum atomic E-state index is -0.993. The molecule has 0 fully saturated rings. The maximum absolute atomic E-state index is 13.1. The molecule has 4 atom stereocenters. The minimum absolute atomic E-state index is 0.0400. The molecule has 9 nitrogen and oxygen atoms in total. The van der Waals surface area contributed by atoms with Gasteiger partial charge in [-0.25, -0.2) is 0 Å². The Morgan fingerprint density at radius 2 is 1.66 bits per heavy atom. The van der Waals surface area contributed by atoms with Gasteiger partial charge in [-0.1, -0.05) is 47.6 Å². The van der Waals surface area contributed by atoms with Crippen LogP contribution in [0.1, 0.15) is 79.2 Å². The second kappa shape index (κ2) is 18.2. The number of aliphatic hydroxyl groups excluding tert-OH is 1. The largest absolute Gasteiger partial charge is 0.493 e. The first-order valence-electron chi connectivity index (χ1n) is 15.1. The van der Waals surface area contributed by atoms with Gasteiger partial charge in [0, 0.05) is 38.6 Å². The van der Waals surface area contributed by atoms with Crippen molar-refractivity contribution in [1.29, 1.82) is 0 Å². The van der Waals surface area contributed by atoms with Gasteiger partial charge in [0.15, 0.2) is 11.5 Å². The third-order valence-corrected chi connectivity index (χ3v) is 8.53. The van der Waals surface area contributed by atoms with Gasteiger partial charge in [-0.15, -0.1) is 0 Å².